The molecule has 0 N–H and O–H groups in total. The van der Waals surface area contributed by atoms with Crippen LogP contribution in [-0.4, -0.2) is 33.0 Å². The molecule has 11 heteroatoms. The van der Waals surface area contributed by atoms with Crippen molar-refractivity contribution in [3.05, 3.63) is 46.1 Å². The van der Waals surface area contributed by atoms with Crippen LogP contribution in [0.4, 0.5) is 19.0 Å². The summed E-state index contributed by atoms with van der Waals surface area (Å²) in [6.07, 6.45) is -3.59. The van der Waals surface area contributed by atoms with E-state index in [1.165, 1.54) is 35.0 Å². The van der Waals surface area contributed by atoms with Crippen LogP contribution in [0.1, 0.15) is 18.9 Å². The van der Waals surface area contributed by atoms with E-state index in [2.05, 4.69) is 9.72 Å². The Balaban J connectivity index is 1.63. The van der Waals surface area contributed by atoms with Crippen molar-refractivity contribution in [1.29, 1.82) is 0 Å². The third-order valence-electron chi connectivity index (χ3n) is 3.99. The normalized spacial score (nSPS) is 19.3. The molecule has 8 nitrogen and oxygen atoms in total. The third kappa shape index (κ3) is 4.67. The summed E-state index contributed by atoms with van der Waals surface area (Å²) in [6, 6.07) is 5.52. The van der Waals surface area contributed by atoms with Crippen molar-refractivity contribution >= 4 is 5.82 Å². The Morgan fingerprint density at radius 1 is 1.37 bits per heavy atom. The predicted octanol–water partition coefficient (Wildman–Crippen LogP) is 3.45. The van der Waals surface area contributed by atoms with E-state index in [0.29, 0.717) is 18.5 Å². The van der Waals surface area contributed by atoms with Gasteiger partial charge in [0.15, 0.2) is 0 Å². The van der Waals surface area contributed by atoms with Gasteiger partial charge in [0, 0.05) is 4.98 Å². The van der Waals surface area contributed by atoms with E-state index in [0.717, 1.165) is 0 Å². The zero-order chi connectivity index (χ0) is 19.6. The summed E-state index contributed by atoms with van der Waals surface area (Å²) in [6.45, 7) is 2.35. The van der Waals surface area contributed by atoms with Crippen LogP contribution in [0.3, 0.4) is 0 Å². The first-order valence-corrected chi connectivity index (χ1v) is 8.09. The average molecular weight is 387 g/mol. The fourth-order valence-corrected chi connectivity index (χ4v) is 2.72. The number of nitrogens with zero attached hydrogens (tertiary/aromatic N) is 3. The van der Waals surface area contributed by atoms with Gasteiger partial charge < -0.3 is 24.3 Å². The van der Waals surface area contributed by atoms with Crippen LogP contribution in [0.15, 0.2) is 30.5 Å². The van der Waals surface area contributed by atoms with Crippen LogP contribution in [0.25, 0.3) is 0 Å². The zero-order valence-electron chi connectivity index (χ0n) is 14.2. The van der Waals surface area contributed by atoms with Crippen LogP contribution < -0.4 is 9.47 Å². The Kier molecular flexibility index (Phi) is 5.22. The van der Waals surface area contributed by atoms with E-state index in [4.69, 9.17) is 9.47 Å². The summed E-state index contributed by atoms with van der Waals surface area (Å²) in [5.41, 5.74) is 0.654. The Bertz CT molecular complexity index is 807. The molecule has 1 unspecified atom stereocenters. The van der Waals surface area contributed by atoms with E-state index in [-0.39, 0.29) is 36.4 Å². The summed E-state index contributed by atoms with van der Waals surface area (Å²) >= 11 is 0. The number of fused-ring (bicyclic) bond motifs is 1. The first-order chi connectivity index (χ1) is 12.7. The zero-order valence-corrected chi connectivity index (χ0v) is 14.2. The van der Waals surface area contributed by atoms with E-state index >= 15 is 0 Å². The molecule has 2 heterocycles. The predicted molar refractivity (Wildman–Crippen MR) is 85.3 cm³/mol. The maximum absolute atomic E-state index is 12.2. The van der Waals surface area contributed by atoms with Crippen molar-refractivity contribution in [1.82, 2.24) is 9.55 Å². The number of hydrogen-bond donors (Lipinski definition) is 0. The monoisotopic (exact) mass is 387 g/mol. The molecule has 0 fully saturated rings. The van der Waals surface area contributed by atoms with E-state index in [1.807, 2.05) is 6.92 Å². The Morgan fingerprint density at radius 2 is 2.07 bits per heavy atom. The molecular weight excluding hydrogens is 371 g/mol. The second kappa shape index (κ2) is 7.43. The van der Waals surface area contributed by atoms with Crippen LogP contribution in [0.5, 0.6) is 11.8 Å². The number of aromatic nitrogens is 2. The van der Waals surface area contributed by atoms with Gasteiger partial charge in [-0.2, -0.15) is 0 Å². The molecule has 0 amide bonds. The highest BCUT2D eigenvalue weighted by Crippen LogP contribution is 2.28. The smallest absolute Gasteiger partial charge is 0.440 e. The molecule has 3 rings (SSSR count). The molecule has 27 heavy (non-hydrogen) atoms. The number of nitro groups is 1. The number of hydrogen-bond acceptors (Lipinski definition) is 6. The van der Waals surface area contributed by atoms with Gasteiger partial charge in [-0.15, -0.1) is 13.2 Å². The van der Waals surface area contributed by atoms with Crippen molar-refractivity contribution < 1.29 is 32.3 Å². The van der Waals surface area contributed by atoms with Gasteiger partial charge in [-0.3, -0.25) is 4.57 Å². The second-order valence-corrected chi connectivity index (χ2v) is 5.90. The number of alkyl halides is 3. The molecule has 146 valence electrons. The molecule has 1 aliphatic heterocycles. The minimum atomic E-state index is -4.74. The van der Waals surface area contributed by atoms with Crippen molar-refractivity contribution in [3.8, 4) is 11.8 Å². The largest absolute Gasteiger partial charge is 0.573 e. The maximum atomic E-state index is 12.2. The molecule has 0 bridgehead atoms. The lowest BCUT2D eigenvalue weighted by atomic mass is 10.1. The molecule has 0 saturated carbocycles. The SMILES string of the molecule is CCC1Oc2nc([N+](=O)[O-])cn2C[C@@H]1OCc1ccc(OC(F)(F)F)cc1. The lowest BCUT2D eigenvalue weighted by molar-refractivity contribution is -0.389. The van der Waals surface area contributed by atoms with Gasteiger partial charge >= 0.3 is 18.2 Å². The number of imidazole rings is 1. The van der Waals surface area contributed by atoms with Crippen LogP contribution in [0, 0.1) is 10.1 Å². The maximum Gasteiger partial charge on any atom is 0.573 e. The molecule has 0 radical (unpaired) electrons. The Hall–Kier alpha value is -2.82. The fraction of sp³-hybridized carbons (Fsp3) is 0.438. The van der Waals surface area contributed by atoms with Gasteiger partial charge in [0.05, 0.1) is 13.2 Å². The molecule has 0 saturated heterocycles. The number of ether oxygens (including phenoxy) is 3. The molecule has 1 aliphatic rings. The standard InChI is InChI=1S/C16H16F3N3O5/c1-2-12-13(7-21-8-14(22(23)24)20-15(21)26-12)25-9-10-3-5-11(6-4-10)27-16(17,18)19/h3-6,8,12-13H,2,7,9H2,1H3/t12?,13-/m0/s1. The minimum Gasteiger partial charge on any atom is -0.440 e. The Morgan fingerprint density at radius 3 is 2.67 bits per heavy atom. The highest BCUT2D eigenvalue weighted by molar-refractivity contribution is 5.27. The summed E-state index contributed by atoms with van der Waals surface area (Å²) in [7, 11) is 0. The average Bonchev–Trinajstić information content (AvgIpc) is 3.02. The lowest BCUT2D eigenvalue weighted by Crippen LogP contribution is -2.41. The van der Waals surface area contributed by atoms with Gasteiger partial charge in [-0.25, -0.2) is 0 Å². The molecule has 0 aliphatic carbocycles. The van der Waals surface area contributed by atoms with Crippen LogP contribution in [0.2, 0.25) is 0 Å². The molecule has 2 atom stereocenters. The van der Waals surface area contributed by atoms with Crippen molar-refractivity contribution in [2.75, 3.05) is 0 Å². The van der Waals surface area contributed by atoms with Gasteiger partial charge in [0.25, 0.3) is 0 Å². The third-order valence-corrected chi connectivity index (χ3v) is 3.99. The Labute approximate surface area is 151 Å². The number of benzene rings is 1. The van der Waals surface area contributed by atoms with Gasteiger partial charge in [0.2, 0.25) is 0 Å². The van der Waals surface area contributed by atoms with Crippen molar-refractivity contribution in [2.45, 2.75) is 45.1 Å². The summed E-state index contributed by atoms with van der Waals surface area (Å²) < 4.78 is 53.4. The second-order valence-electron chi connectivity index (χ2n) is 5.90. The van der Waals surface area contributed by atoms with Crippen LogP contribution in [-0.2, 0) is 17.9 Å². The summed E-state index contributed by atoms with van der Waals surface area (Å²) in [4.78, 5) is 14.1. The highest BCUT2D eigenvalue weighted by Gasteiger charge is 2.35. The van der Waals surface area contributed by atoms with E-state index in [1.54, 1.807) is 0 Å². The van der Waals surface area contributed by atoms with E-state index < -0.39 is 11.3 Å². The van der Waals surface area contributed by atoms with Crippen molar-refractivity contribution in [2.24, 2.45) is 0 Å². The summed E-state index contributed by atoms with van der Waals surface area (Å²) in [5.74, 6) is -0.616. The molecular formula is C16H16F3N3O5. The van der Waals surface area contributed by atoms with E-state index in [9.17, 15) is 23.3 Å². The first kappa shape index (κ1) is 19.0. The molecule has 1 aromatic heterocycles. The number of rotatable bonds is 6. The summed E-state index contributed by atoms with van der Waals surface area (Å²) in [5, 5.41) is 10.8. The molecule has 2 aromatic rings. The van der Waals surface area contributed by atoms with Crippen LogP contribution >= 0.6 is 0 Å². The fourth-order valence-electron chi connectivity index (χ4n) is 2.72. The highest BCUT2D eigenvalue weighted by atomic mass is 19.4. The first-order valence-electron chi connectivity index (χ1n) is 8.09. The topological polar surface area (TPSA) is 88.7 Å². The van der Waals surface area contributed by atoms with Gasteiger partial charge in [0.1, 0.15) is 24.2 Å². The quantitative estimate of drug-likeness (QED) is 0.557. The molecule has 0 spiro atoms. The van der Waals surface area contributed by atoms with Gasteiger partial charge in [-0.1, -0.05) is 19.1 Å². The minimum absolute atomic E-state index is 0.142. The van der Waals surface area contributed by atoms with Crippen molar-refractivity contribution in [3.63, 3.8) is 0 Å². The lowest BCUT2D eigenvalue weighted by Gasteiger charge is -2.30. The molecule has 1 aromatic carbocycles. The van der Waals surface area contributed by atoms with Gasteiger partial charge in [-0.05, 0) is 29.0 Å². The number of halogens is 3.